The molecule has 4 rings (SSSR count). The van der Waals surface area contributed by atoms with Gasteiger partial charge in [0.15, 0.2) is 0 Å². The van der Waals surface area contributed by atoms with Crippen LogP contribution in [-0.2, 0) is 6.54 Å². The first kappa shape index (κ1) is 19.8. The van der Waals surface area contributed by atoms with Crippen LogP contribution in [0.4, 0.5) is 0 Å². The topological polar surface area (TPSA) is 54.0 Å². The molecular weight excluding hydrogens is 384 g/mol. The summed E-state index contributed by atoms with van der Waals surface area (Å²) in [5.41, 5.74) is 3.16. The normalized spacial score (nSPS) is 16.7. The molecule has 1 aliphatic heterocycles. The second-order valence-electron chi connectivity index (χ2n) is 7.70. The van der Waals surface area contributed by atoms with Crippen LogP contribution < -0.4 is 5.69 Å². The van der Waals surface area contributed by atoms with Gasteiger partial charge in [0.05, 0.1) is 23.5 Å². The standard InChI is InChI=1S/C23H25ClN4O/c1-17(18-7-9-19(24)10-8-18)26-15-11-20(12-16-26)28-22-6-3-2-5-21(22)27(23(28)29)14-4-13-25/h2-3,5-10,17,20H,4,11-12,14-16H2,1H3. The minimum atomic E-state index is 0.00523. The molecule has 0 bridgehead atoms. The summed E-state index contributed by atoms with van der Waals surface area (Å²) in [7, 11) is 0. The first-order valence-electron chi connectivity index (χ1n) is 10.2. The summed E-state index contributed by atoms with van der Waals surface area (Å²) < 4.78 is 3.71. The third-order valence-corrected chi connectivity index (χ3v) is 6.33. The van der Waals surface area contributed by atoms with Crippen molar-refractivity contribution in [2.75, 3.05) is 13.1 Å². The Morgan fingerprint density at radius 2 is 1.76 bits per heavy atom. The van der Waals surface area contributed by atoms with E-state index in [0.29, 0.717) is 19.0 Å². The number of hydrogen-bond donors (Lipinski definition) is 0. The fourth-order valence-electron chi connectivity index (χ4n) is 4.45. The number of aryl methyl sites for hydroxylation is 1. The van der Waals surface area contributed by atoms with E-state index in [2.05, 4.69) is 30.0 Å². The molecule has 1 fully saturated rings. The van der Waals surface area contributed by atoms with E-state index in [-0.39, 0.29) is 11.7 Å². The molecule has 0 radical (unpaired) electrons. The molecule has 0 N–H and O–H groups in total. The van der Waals surface area contributed by atoms with Crippen LogP contribution >= 0.6 is 11.6 Å². The second kappa shape index (κ2) is 8.44. The number of nitrogens with zero attached hydrogens (tertiary/aromatic N) is 4. The summed E-state index contributed by atoms with van der Waals surface area (Å²) in [5.74, 6) is 0. The van der Waals surface area contributed by atoms with Crippen LogP contribution in [0.5, 0.6) is 0 Å². The van der Waals surface area contributed by atoms with Gasteiger partial charge in [-0.3, -0.25) is 14.0 Å². The molecule has 6 heteroatoms. The molecule has 0 spiro atoms. The van der Waals surface area contributed by atoms with Gasteiger partial charge in [-0.25, -0.2) is 4.79 Å². The fourth-order valence-corrected chi connectivity index (χ4v) is 4.57. The third kappa shape index (κ3) is 3.83. The van der Waals surface area contributed by atoms with Crippen molar-refractivity contribution in [1.82, 2.24) is 14.0 Å². The summed E-state index contributed by atoms with van der Waals surface area (Å²) in [6, 6.07) is 18.6. The van der Waals surface area contributed by atoms with Crippen LogP contribution in [0.1, 0.15) is 43.8 Å². The van der Waals surface area contributed by atoms with Gasteiger partial charge in [0, 0.05) is 36.7 Å². The molecule has 2 heterocycles. The zero-order chi connectivity index (χ0) is 20.4. The molecule has 0 amide bonds. The Hall–Kier alpha value is -2.55. The van der Waals surface area contributed by atoms with Crippen LogP contribution in [0, 0.1) is 11.3 Å². The molecule has 150 valence electrons. The largest absolute Gasteiger partial charge is 0.329 e. The SMILES string of the molecule is CC(c1ccc(Cl)cc1)N1CCC(n2c(=O)n(CCC#N)c3ccccc32)CC1. The van der Waals surface area contributed by atoms with Gasteiger partial charge in [-0.2, -0.15) is 5.26 Å². The molecule has 0 saturated carbocycles. The van der Waals surface area contributed by atoms with Gasteiger partial charge in [0.1, 0.15) is 0 Å². The highest BCUT2D eigenvalue weighted by Gasteiger charge is 2.27. The van der Waals surface area contributed by atoms with Gasteiger partial charge in [-0.1, -0.05) is 35.9 Å². The Bertz CT molecular complexity index is 1080. The van der Waals surface area contributed by atoms with Crippen LogP contribution in [0.15, 0.2) is 53.3 Å². The molecule has 1 atom stereocenters. The van der Waals surface area contributed by atoms with Gasteiger partial charge in [0.25, 0.3) is 0 Å². The van der Waals surface area contributed by atoms with Crippen molar-refractivity contribution in [3.05, 3.63) is 69.6 Å². The zero-order valence-corrected chi connectivity index (χ0v) is 17.3. The summed E-state index contributed by atoms with van der Waals surface area (Å²) in [6.45, 7) is 4.55. The molecular formula is C23H25ClN4O. The number of imidazole rings is 1. The number of piperidine rings is 1. The van der Waals surface area contributed by atoms with Crippen molar-refractivity contribution in [3.63, 3.8) is 0 Å². The van der Waals surface area contributed by atoms with E-state index in [9.17, 15) is 4.79 Å². The number of nitriles is 1. The molecule has 0 aliphatic carbocycles. The molecule has 2 aromatic carbocycles. The number of benzene rings is 2. The molecule has 1 aliphatic rings. The highest BCUT2D eigenvalue weighted by Crippen LogP contribution is 2.30. The van der Waals surface area contributed by atoms with E-state index in [1.165, 1.54) is 5.56 Å². The zero-order valence-electron chi connectivity index (χ0n) is 16.6. The summed E-state index contributed by atoms with van der Waals surface area (Å²) in [4.78, 5) is 15.6. The van der Waals surface area contributed by atoms with Crippen LogP contribution in [0.25, 0.3) is 11.0 Å². The third-order valence-electron chi connectivity index (χ3n) is 6.08. The van der Waals surface area contributed by atoms with Crippen LogP contribution in [-0.4, -0.2) is 27.1 Å². The number of para-hydroxylation sites is 2. The van der Waals surface area contributed by atoms with Crippen molar-refractivity contribution in [2.24, 2.45) is 0 Å². The highest BCUT2D eigenvalue weighted by molar-refractivity contribution is 6.30. The summed E-state index contributed by atoms with van der Waals surface area (Å²) in [6.07, 6.45) is 2.21. The first-order valence-corrected chi connectivity index (χ1v) is 10.5. The smallest absolute Gasteiger partial charge is 0.296 e. The summed E-state index contributed by atoms with van der Waals surface area (Å²) >= 11 is 6.02. The van der Waals surface area contributed by atoms with Crippen molar-refractivity contribution in [1.29, 1.82) is 5.26 Å². The Kier molecular flexibility index (Phi) is 5.75. The Labute approximate surface area is 175 Å². The maximum absolute atomic E-state index is 13.2. The molecule has 5 nitrogen and oxygen atoms in total. The monoisotopic (exact) mass is 408 g/mol. The number of hydrogen-bond acceptors (Lipinski definition) is 3. The minimum absolute atomic E-state index is 0.00523. The number of halogens is 1. The van der Waals surface area contributed by atoms with Gasteiger partial charge in [-0.15, -0.1) is 0 Å². The molecule has 3 aromatic rings. The van der Waals surface area contributed by atoms with E-state index in [4.69, 9.17) is 16.9 Å². The van der Waals surface area contributed by atoms with Gasteiger partial charge in [-0.05, 0) is 49.6 Å². The van der Waals surface area contributed by atoms with E-state index in [1.54, 1.807) is 4.57 Å². The highest BCUT2D eigenvalue weighted by atomic mass is 35.5. The van der Waals surface area contributed by atoms with E-state index < -0.39 is 0 Å². The van der Waals surface area contributed by atoms with Crippen molar-refractivity contribution in [2.45, 2.75) is 44.8 Å². The average Bonchev–Trinajstić information content (AvgIpc) is 3.03. The maximum Gasteiger partial charge on any atom is 0.329 e. The maximum atomic E-state index is 13.2. The summed E-state index contributed by atoms with van der Waals surface area (Å²) in [5, 5.41) is 9.71. The van der Waals surface area contributed by atoms with Crippen molar-refractivity contribution >= 4 is 22.6 Å². The molecule has 1 aromatic heterocycles. The predicted octanol–water partition coefficient (Wildman–Crippen LogP) is 4.77. The lowest BCUT2D eigenvalue weighted by Crippen LogP contribution is -2.39. The van der Waals surface area contributed by atoms with E-state index in [1.807, 2.05) is 41.0 Å². The minimum Gasteiger partial charge on any atom is -0.296 e. The lowest BCUT2D eigenvalue weighted by atomic mass is 10.00. The second-order valence-corrected chi connectivity index (χ2v) is 8.13. The van der Waals surface area contributed by atoms with Crippen molar-refractivity contribution in [3.8, 4) is 6.07 Å². The number of aromatic nitrogens is 2. The average molecular weight is 409 g/mol. The number of fused-ring (bicyclic) bond motifs is 1. The van der Waals surface area contributed by atoms with Gasteiger partial charge < -0.3 is 0 Å². The van der Waals surface area contributed by atoms with Crippen LogP contribution in [0.3, 0.4) is 0 Å². The van der Waals surface area contributed by atoms with E-state index in [0.717, 1.165) is 42.0 Å². The van der Waals surface area contributed by atoms with Crippen molar-refractivity contribution < 1.29 is 0 Å². The van der Waals surface area contributed by atoms with Gasteiger partial charge in [0.2, 0.25) is 0 Å². The van der Waals surface area contributed by atoms with Gasteiger partial charge >= 0.3 is 5.69 Å². The number of rotatable bonds is 5. The van der Waals surface area contributed by atoms with E-state index >= 15 is 0 Å². The molecule has 1 saturated heterocycles. The molecule has 1 unspecified atom stereocenters. The Morgan fingerprint density at radius 3 is 2.41 bits per heavy atom. The predicted molar refractivity (Wildman–Crippen MR) is 116 cm³/mol. The van der Waals surface area contributed by atoms with Crippen LogP contribution in [0.2, 0.25) is 5.02 Å². The lowest BCUT2D eigenvalue weighted by Gasteiger charge is -2.36. The first-order chi connectivity index (χ1) is 14.1. The number of likely N-dealkylation sites (tertiary alicyclic amines) is 1. The fraction of sp³-hybridized carbons (Fsp3) is 0.391. The molecule has 29 heavy (non-hydrogen) atoms. The lowest BCUT2D eigenvalue weighted by molar-refractivity contribution is 0.143. The quantitative estimate of drug-likeness (QED) is 0.611. The Morgan fingerprint density at radius 1 is 1.10 bits per heavy atom. The Balaban J connectivity index is 1.55.